The second-order valence-electron chi connectivity index (χ2n) is 12.0. The first-order valence-electron chi connectivity index (χ1n) is 14.2. The minimum Gasteiger partial charge on any atom is -0.340 e. The Balaban J connectivity index is 1.29. The van der Waals surface area contributed by atoms with Crippen LogP contribution in [0.25, 0.3) is 0 Å². The highest BCUT2D eigenvalue weighted by Gasteiger charge is 2.37. The monoisotopic (exact) mass is 543 g/mol. The van der Waals surface area contributed by atoms with Crippen molar-refractivity contribution in [1.82, 2.24) is 14.7 Å². The van der Waals surface area contributed by atoms with Crippen molar-refractivity contribution < 1.29 is 9.59 Å². The molecule has 2 aliphatic heterocycles. The first-order valence-corrected chi connectivity index (χ1v) is 15.1. The van der Waals surface area contributed by atoms with E-state index in [1.54, 1.807) is 0 Å². The minimum absolute atomic E-state index is 0.0541. The predicted molar refractivity (Wildman–Crippen MR) is 159 cm³/mol. The predicted octanol–water partition coefficient (Wildman–Crippen LogP) is 6.06. The Morgan fingerprint density at radius 2 is 1.56 bits per heavy atom. The van der Waals surface area contributed by atoms with E-state index in [1.807, 2.05) is 33.3 Å². The third kappa shape index (κ3) is 5.68. The van der Waals surface area contributed by atoms with Crippen LogP contribution in [0.4, 0.5) is 0 Å². The molecule has 2 aromatic carbocycles. The lowest BCUT2D eigenvalue weighted by atomic mass is 9.86. The summed E-state index contributed by atoms with van der Waals surface area (Å²) < 4.78 is 0. The second kappa shape index (κ2) is 11.3. The standard InChI is InChI=1S/C33H41N3O2S/c1-23-9-6-7-10-27(23)30-28-16-22-39-29(28)15-19-36(30)24(2)31(37)34-17-8-18-35(21-20-34)32(38)25-11-13-26(14-12-25)33(3,4)5/h6-7,9-14,16,22,24,30H,8,15,17-21H2,1-5H3. The molecule has 2 unspecified atom stereocenters. The zero-order valence-electron chi connectivity index (χ0n) is 23.9. The molecule has 1 saturated heterocycles. The van der Waals surface area contributed by atoms with Gasteiger partial charge < -0.3 is 9.80 Å². The average Bonchev–Trinajstić information content (AvgIpc) is 3.27. The van der Waals surface area contributed by atoms with E-state index in [4.69, 9.17) is 0 Å². The van der Waals surface area contributed by atoms with E-state index in [1.165, 1.54) is 27.1 Å². The first-order chi connectivity index (χ1) is 18.6. The highest BCUT2D eigenvalue weighted by molar-refractivity contribution is 7.10. The molecule has 0 N–H and O–H groups in total. The number of carbonyl (C=O) groups is 2. The normalized spacial score (nSPS) is 19.4. The molecule has 0 saturated carbocycles. The Morgan fingerprint density at radius 1 is 0.872 bits per heavy atom. The van der Waals surface area contributed by atoms with Crippen molar-refractivity contribution in [3.63, 3.8) is 0 Å². The molecule has 1 fully saturated rings. The first kappa shape index (κ1) is 27.6. The lowest BCUT2D eigenvalue weighted by molar-refractivity contribution is -0.137. The fourth-order valence-electron chi connectivity index (χ4n) is 6.04. The number of thiophene rings is 1. The Labute approximate surface area is 237 Å². The summed E-state index contributed by atoms with van der Waals surface area (Å²) in [6.07, 6.45) is 1.77. The lowest BCUT2D eigenvalue weighted by Gasteiger charge is -2.41. The van der Waals surface area contributed by atoms with Gasteiger partial charge in [-0.25, -0.2) is 0 Å². The van der Waals surface area contributed by atoms with E-state index in [0.29, 0.717) is 26.2 Å². The lowest BCUT2D eigenvalue weighted by Crippen LogP contribution is -2.51. The van der Waals surface area contributed by atoms with Crippen LogP contribution in [0.5, 0.6) is 0 Å². The summed E-state index contributed by atoms with van der Waals surface area (Å²) in [6, 6.07) is 18.6. The number of hydrogen-bond donors (Lipinski definition) is 0. The van der Waals surface area contributed by atoms with Gasteiger partial charge in [-0.2, -0.15) is 0 Å². The number of rotatable bonds is 4. The van der Waals surface area contributed by atoms with Gasteiger partial charge in [-0.3, -0.25) is 14.5 Å². The second-order valence-corrected chi connectivity index (χ2v) is 13.0. The summed E-state index contributed by atoms with van der Waals surface area (Å²) in [5, 5.41) is 2.18. The van der Waals surface area contributed by atoms with E-state index in [0.717, 1.165) is 24.9 Å². The molecule has 3 heterocycles. The maximum absolute atomic E-state index is 13.9. The Bertz CT molecular complexity index is 1320. The van der Waals surface area contributed by atoms with Crippen LogP contribution in [0, 0.1) is 6.92 Å². The Kier molecular flexibility index (Phi) is 7.97. The molecule has 0 radical (unpaired) electrons. The molecular weight excluding hydrogens is 502 g/mol. The molecule has 5 rings (SSSR count). The van der Waals surface area contributed by atoms with Crippen LogP contribution in [-0.2, 0) is 16.6 Å². The summed E-state index contributed by atoms with van der Waals surface area (Å²) in [5.74, 6) is 0.217. The summed E-state index contributed by atoms with van der Waals surface area (Å²) in [4.78, 5) is 35.0. The van der Waals surface area contributed by atoms with Crippen molar-refractivity contribution >= 4 is 23.2 Å². The van der Waals surface area contributed by atoms with E-state index in [-0.39, 0.29) is 29.3 Å². The number of fused-ring (bicyclic) bond motifs is 1. The van der Waals surface area contributed by atoms with Crippen LogP contribution >= 0.6 is 11.3 Å². The van der Waals surface area contributed by atoms with E-state index in [2.05, 4.69) is 87.4 Å². The molecule has 2 atom stereocenters. The number of amides is 2. The molecule has 0 spiro atoms. The summed E-state index contributed by atoms with van der Waals surface area (Å²) in [5.41, 5.74) is 5.87. The third-order valence-corrected chi connectivity index (χ3v) is 9.43. The van der Waals surface area contributed by atoms with Gasteiger partial charge in [-0.1, -0.05) is 57.2 Å². The van der Waals surface area contributed by atoms with Gasteiger partial charge in [0.2, 0.25) is 5.91 Å². The van der Waals surface area contributed by atoms with E-state index >= 15 is 0 Å². The van der Waals surface area contributed by atoms with Gasteiger partial charge >= 0.3 is 0 Å². The van der Waals surface area contributed by atoms with Crippen molar-refractivity contribution in [2.45, 2.75) is 65.0 Å². The van der Waals surface area contributed by atoms with Crippen molar-refractivity contribution in [2.75, 3.05) is 32.7 Å². The zero-order chi connectivity index (χ0) is 27.7. The maximum atomic E-state index is 13.9. The van der Waals surface area contributed by atoms with Crippen molar-refractivity contribution in [3.05, 3.63) is 92.7 Å². The SMILES string of the molecule is Cc1ccccc1C1c2ccsc2CCN1C(C)C(=O)N1CCCN(C(=O)c2ccc(C(C)(C)C)cc2)CC1. The smallest absolute Gasteiger partial charge is 0.253 e. The molecule has 1 aromatic heterocycles. The molecule has 2 amide bonds. The van der Waals surface area contributed by atoms with Crippen LogP contribution in [0.3, 0.4) is 0 Å². The number of hydrogen-bond acceptors (Lipinski definition) is 4. The van der Waals surface area contributed by atoms with Crippen molar-refractivity contribution in [1.29, 1.82) is 0 Å². The van der Waals surface area contributed by atoms with Gasteiger partial charge in [0.05, 0.1) is 12.1 Å². The molecule has 206 valence electrons. The highest BCUT2D eigenvalue weighted by Crippen LogP contribution is 2.40. The van der Waals surface area contributed by atoms with Gasteiger partial charge in [-0.05, 0) is 77.9 Å². The van der Waals surface area contributed by atoms with Gasteiger partial charge in [0.1, 0.15) is 0 Å². The molecule has 6 heteroatoms. The van der Waals surface area contributed by atoms with Crippen LogP contribution in [0.1, 0.15) is 77.6 Å². The van der Waals surface area contributed by atoms with E-state index in [9.17, 15) is 9.59 Å². The molecule has 3 aromatic rings. The maximum Gasteiger partial charge on any atom is 0.253 e. The Hall–Kier alpha value is -2.96. The summed E-state index contributed by atoms with van der Waals surface area (Å²) in [7, 11) is 0. The van der Waals surface area contributed by atoms with Gasteiger partial charge in [-0.15, -0.1) is 11.3 Å². The van der Waals surface area contributed by atoms with Gasteiger partial charge in [0.15, 0.2) is 0 Å². The molecule has 2 aliphatic rings. The third-order valence-electron chi connectivity index (χ3n) is 8.43. The van der Waals surface area contributed by atoms with Crippen LogP contribution in [-0.4, -0.2) is 65.3 Å². The van der Waals surface area contributed by atoms with Crippen LogP contribution in [0.15, 0.2) is 60.0 Å². The quantitative estimate of drug-likeness (QED) is 0.402. The number of carbonyl (C=O) groups excluding carboxylic acids is 2. The average molecular weight is 544 g/mol. The number of nitrogens with zero attached hydrogens (tertiary/aromatic N) is 3. The largest absolute Gasteiger partial charge is 0.340 e. The van der Waals surface area contributed by atoms with Gasteiger partial charge in [0.25, 0.3) is 5.91 Å². The molecule has 5 nitrogen and oxygen atoms in total. The molecular formula is C33H41N3O2S. The minimum atomic E-state index is -0.241. The topological polar surface area (TPSA) is 43.9 Å². The molecule has 39 heavy (non-hydrogen) atoms. The van der Waals surface area contributed by atoms with Crippen LogP contribution < -0.4 is 0 Å². The number of benzene rings is 2. The summed E-state index contributed by atoms with van der Waals surface area (Å²) in [6.45, 7) is 14.1. The van der Waals surface area contributed by atoms with E-state index < -0.39 is 0 Å². The molecule has 0 aliphatic carbocycles. The fraction of sp³-hybridized carbons (Fsp3) is 0.455. The highest BCUT2D eigenvalue weighted by atomic mass is 32.1. The zero-order valence-corrected chi connectivity index (χ0v) is 24.8. The molecule has 0 bridgehead atoms. The van der Waals surface area contributed by atoms with Crippen LogP contribution in [0.2, 0.25) is 0 Å². The number of aryl methyl sites for hydroxylation is 1. The van der Waals surface area contributed by atoms with Crippen molar-refractivity contribution in [2.24, 2.45) is 0 Å². The fourth-order valence-corrected chi connectivity index (χ4v) is 6.94. The van der Waals surface area contributed by atoms with Crippen molar-refractivity contribution in [3.8, 4) is 0 Å². The Morgan fingerprint density at radius 3 is 2.28 bits per heavy atom. The van der Waals surface area contributed by atoms with Gasteiger partial charge in [0, 0.05) is 43.2 Å². The summed E-state index contributed by atoms with van der Waals surface area (Å²) >= 11 is 1.83.